The molecule has 2 aliphatic rings. The summed E-state index contributed by atoms with van der Waals surface area (Å²) in [5.41, 5.74) is 6.62. The number of nitrogens with zero attached hydrogens (tertiary/aromatic N) is 1. The minimum Gasteiger partial charge on any atom is -0.355 e. The van der Waals surface area contributed by atoms with E-state index in [0.717, 1.165) is 31.6 Å². The first-order chi connectivity index (χ1) is 11.2. The van der Waals surface area contributed by atoms with Gasteiger partial charge in [-0.05, 0) is 42.0 Å². The molecule has 2 amide bonds. The second-order valence-electron chi connectivity index (χ2n) is 6.00. The molecule has 0 spiro atoms. The number of fused-ring (bicyclic) bond motifs is 1. The molecule has 0 saturated carbocycles. The van der Waals surface area contributed by atoms with Crippen molar-refractivity contribution in [1.82, 2.24) is 10.2 Å². The summed E-state index contributed by atoms with van der Waals surface area (Å²) in [4.78, 5) is 28.3. The number of thiophene rings is 1. The molecule has 3 heterocycles. The van der Waals surface area contributed by atoms with Crippen LogP contribution >= 0.6 is 35.5 Å². The highest BCUT2D eigenvalue weighted by molar-refractivity contribution is 8.00. The molecule has 1 aromatic heterocycles. The molecule has 0 bridgehead atoms. The van der Waals surface area contributed by atoms with Gasteiger partial charge in [0, 0.05) is 31.1 Å². The standard InChI is InChI=1S/C16H23N3O2S2.ClH/c17-5-6-18-15(20)11-2-1-7-19(10-11)16(21)14-12-3-8-22-13(12)4-9-23-14;/h3,8,11,14H,1-2,4-7,9-10,17H2,(H,18,20);1H. The van der Waals surface area contributed by atoms with Crippen molar-refractivity contribution in [3.8, 4) is 0 Å². The van der Waals surface area contributed by atoms with Gasteiger partial charge < -0.3 is 16.0 Å². The number of nitrogens with one attached hydrogen (secondary N) is 1. The highest BCUT2D eigenvalue weighted by Gasteiger charge is 2.35. The second kappa shape index (κ2) is 9.08. The van der Waals surface area contributed by atoms with Gasteiger partial charge in [0.1, 0.15) is 5.25 Å². The third-order valence-corrected chi connectivity index (χ3v) is 6.67. The number of halogens is 1. The zero-order valence-electron chi connectivity index (χ0n) is 13.5. The number of nitrogens with two attached hydrogens (primary N) is 1. The predicted molar refractivity (Wildman–Crippen MR) is 102 cm³/mol. The van der Waals surface area contributed by atoms with E-state index in [1.807, 2.05) is 4.90 Å². The molecule has 134 valence electrons. The lowest BCUT2D eigenvalue weighted by atomic mass is 9.96. The number of rotatable bonds is 4. The summed E-state index contributed by atoms with van der Waals surface area (Å²) in [5, 5.41) is 4.84. The fourth-order valence-corrected chi connectivity index (χ4v) is 5.62. The first-order valence-corrected chi connectivity index (χ1v) is 10.1. The molecule has 0 aromatic carbocycles. The third-order valence-electron chi connectivity index (χ3n) is 4.45. The molecule has 1 saturated heterocycles. The zero-order chi connectivity index (χ0) is 16.2. The lowest BCUT2D eigenvalue weighted by Crippen LogP contribution is -2.47. The van der Waals surface area contributed by atoms with Crippen LogP contribution in [0.2, 0.25) is 0 Å². The lowest BCUT2D eigenvalue weighted by molar-refractivity contribution is -0.135. The van der Waals surface area contributed by atoms with Gasteiger partial charge in [0.05, 0.1) is 5.92 Å². The van der Waals surface area contributed by atoms with E-state index in [0.29, 0.717) is 19.6 Å². The van der Waals surface area contributed by atoms with E-state index < -0.39 is 0 Å². The van der Waals surface area contributed by atoms with Crippen LogP contribution in [0, 0.1) is 5.92 Å². The Morgan fingerprint density at radius 3 is 3.04 bits per heavy atom. The van der Waals surface area contributed by atoms with Gasteiger partial charge in [-0.1, -0.05) is 0 Å². The Bertz CT molecular complexity index is 581. The van der Waals surface area contributed by atoms with Gasteiger partial charge in [-0.15, -0.1) is 35.5 Å². The Kier molecular flexibility index (Phi) is 7.40. The Balaban J connectivity index is 0.00000208. The molecule has 0 aliphatic carbocycles. The van der Waals surface area contributed by atoms with Crippen molar-refractivity contribution in [3.05, 3.63) is 21.9 Å². The monoisotopic (exact) mass is 389 g/mol. The summed E-state index contributed by atoms with van der Waals surface area (Å²) >= 11 is 3.48. The summed E-state index contributed by atoms with van der Waals surface area (Å²) < 4.78 is 0. The summed E-state index contributed by atoms with van der Waals surface area (Å²) in [7, 11) is 0. The van der Waals surface area contributed by atoms with Crippen LogP contribution < -0.4 is 11.1 Å². The third kappa shape index (κ3) is 4.25. The lowest BCUT2D eigenvalue weighted by Gasteiger charge is -2.35. The zero-order valence-corrected chi connectivity index (χ0v) is 16.0. The number of carbonyl (C=O) groups excluding carboxylic acids is 2. The quantitative estimate of drug-likeness (QED) is 0.823. The van der Waals surface area contributed by atoms with Crippen LogP contribution in [0.3, 0.4) is 0 Å². The maximum absolute atomic E-state index is 13.0. The summed E-state index contributed by atoms with van der Waals surface area (Å²) in [6, 6.07) is 2.09. The molecule has 3 N–H and O–H groups in total. The average Bonchev–Trinajstić information content (AvgIpc) is 3.07. The molecule has 8 heteroatoms. The van der Waals surface area contributed by atoms with Gasteiger partial charge in [-0.3, -0.25) is 9.59 Å². The summed E-state index contributed by atoms with van der Waals surface area (Å²) in [6.07, 6.45) is 2.80. The highest BCUT2D eigenvalue weighted by Crippen LogP contribution is 2.40. The molecule has 1 fully saturated rings. The normalized spacial score (nSPS) is 23.1. The van der Waals surface area contributed by atoms with Crippen molar-refractivity contribution in [2.75, 3.05) is 31.9 Å². The van der Waals surface area contributed by atoms with Crippen molar-refractivity contribution in [2.24, 2.45) is 11.7 Å². The highest BCUT2D eigenvalue weighted by atomic mass is 35.5. The number of likely N-dealkylation sites (tertiary alicyclic amines) is 1. The first-order valence-electron chi connectivity index (χ1n) is 8.15. The van der Waals surface area contributed by atoms with Gasteiger partial charge >= 0.3 is 0 Å². The van der Waals surface area contributed by atoms with Crippen LogP contribution in [0.1, 0.15) is 28.5 Å². The van der Waals surface area contributed by atoms with E-state index in [-0.39, 0.29) is 35.4 Å². The van der Waals surface area contributed by atoms with Gasteiger partial charge in [-0.25, -0.2) is 0 Å². The van der Waals surface area contributed by atoms with E-state index in [9.17, 15) is 9.59 Å². The van der Waals surface area contributed by atoms with E-state index >= 15 is 0 Å². The maximum Gasteiger partial charge on any atom is 0.240 e. The Hall–Kier alpha value is -0.760. The number of hydrogen-bond donors (Lipinski definition) is 2. The Morgan fingerprint density at radius 2 is 2.25 bits per heavy atom. The van der Waals surface area contributed by atoms with E-state index in [4.69, 9.17) is 5.73 Å². The molecule has 5 nitrogen and oxygen atoms in total. The van der Waals surface area contributed by atoms with Gasteiger partial charge in [-0.2, -0.15) is 0 Å². The van der Waals surface area contributed by atoms with Crippen molar-refractivity contribution < 1.29 is 9.59 Å². The molecular weight excluding hydrogens is 366 g/mol. The van der Waals surface area contributed by atoms with Crippen LogP contribution in [0.5, 0.6) is 0 Å². The molecular formula is C16H24ClN3O2S2. The fourth-order valence-electron chi connectivity index (χ4n) is 3.25. The number of piperidine rings is 1. The molecule has 0 radical (unpaired) electrons. The topological polar surface area (TPSA) is 75.4 Å². The number of aryl methyl sites for hydroxylation is 1. The van der Waals surface area contributed by atoms with Crippen LogP contribution in [0.25, 0.3) is 0 Å². The average molecular weight is 390 g/mol. The number of hydrogen-bond acceptors (Lipinski definition) is 5. The Labute approximate surface area is 157 Å². The minimum absolute atomic E-state index is 0. The van der Waals surface area contributed by atoms with E-state index in [1.54, 1.807) is 23.1 Å². The predicted octanol–water partition coefficient (Wildman–Crippen LogP) is 1.81. The molecule has 24 heavy (non-hydrogen) atoms. The van der Waals surface area contributed by atoms with Crippen molar-refractivity contribution in [1.29, 1.82) is 0 Å². The SMILES string of the molecule is Cl.NCCNC(=O)C1CCCN(C(=O)C2SCCc3sccc32)C1. The molecule has 3 rings (SSSR count). The number of carbonyl (C=O) groups is 2. The molecule has 1 aromatic rings. The van der Waals surface area contributed by atoms with Crippen molar-refractivity contribution in [3.63, 3.8) is 0 Å². The first kappa shape index (κ1) is 19.6. The van der Waals surface area contributed by atoms with Gasteiger partial charge in [0.25, 0.3) is 0 Å². The fraction of sp³-hybridized carbons (Fsp3) is 0.625. The van der Waals surface area contributed by atoms with Crippen molar-refractivity contribution >= 4 is 47.3 Å². The molecule has 2 aliphatic heterocycles. The molecule has 2 atom stereocenters. The summed E-state index contributed by atoms with van der Waals surface area (Å²) in [6.45, 7) is 2.24. The number of thioether (sulfide) groups is 1. The maximum atomic E-state index is 13.0. The Morgan fingerprint density at radius 1 is 1.42 bits per heavy atom. The molecule has 2 unspecified atom stereocenters. The van der Waals surface area contributed by atoms with Crippen LogP contribution in [0.4, 0.5) is 0 Å². The van der Waals surface area contributed by atoms with E-state index in [1.165, 1.54) is 10.4 Å². The van der Waals surface area contributed by atoms with Crippen LogP contribution in [0.15, 0.2) is 11.4 Å². The van der Waals surface area contributed by atoms with Crippen molar-refractivity contribution in [2.45, 2.75) is 24.5 Å². The van der Waals surface area contributed by atoms with E-state index in [2.05, 4.69) is 16.8 Å². The number of amides is 2. The van der Waals surface area contributed by atoms with Crippen LogP contribution in [-0.2, 0) is 16.0 Å². The smallest absolute Gasteiger partial charge is 0.240 e. The minimum atomic E-state index is -0.102. The van der Waals surface area contributed by atoms with Crippen LogP contribution in [-0.4, -0.2) is 48.6 Å². The van der Waals surface area contributed by atoms with Gasteiger partial charge in [0.15, 0.2) is 0 Å². The van der Waals surface area contributed by atoms with Gasteiger partial charge in [0.2, 0.25) is 11.8 Å². The largest absolute Gasteiger partial charge is 0.355 e. The summed E-state index contributed by atoms with van der Waals surface area (Å²) in [5.74, 6) is 1.10. The second-order valence-corrected chi connectivity index (χ2v) is 8.22.